The molecule has 4 N–H and O–H groups in total. The number of ether oxygens (including phenoxy) is 1. The molecule has 0 unspecified atom stereocenters. The average Bonchev–Trinajstić information content (AvgIpc) is 2.66. The van der Waals surface area contributed by atoms with E-state index in [1.807, 2.05) is 6.07 Å². The number of aromatic nitrogens is 2. The molecule has 0 saturated heterocycles. The Morgan fingerprint density at radius 3 is 2.66 bits per heavy atom. The molecule has 0 bridgehead atoms. The zero-order valence-electron chi connectivity index (χ0n) is 16.0. The SMILES string of the molecule is COC[C@@H](Nc1nc(Nc2cnc(C)c(F)c2)c(C#N)cc1F)[C@H](C)NC(=O)O. The standard InChI is InChI=1S/C18H20F2N6O3/c1-9-13(19)5-12(7-22-9)24-16-11(6-21)4-14(20)17(26-16)25-15(8-29-3)10(2)23-18(27)28/h4-5,7,10,15,23H,8H2,1-3H3,(H,27,28)(H2,24,25,26)/t10-,15+/m0/s1. The molecule has 0 aliphatic carbocycles. The van der Waals surface area contributed by atoms with Crippen LogP contribution in [0.25, 0.3) is 0 Å². The highest BCUT2D eigenvalue weighted by molar-refractivity contribution is 5.66. The van der Waals surface area contributed by atoms with Gasteiger partial charge in [0.05, 0.1) is 41.8 Å². The van der Waals surface area contributed by atoms with Gasteiger partial charge < -0.3 is 25.8 Å². The van der Waals surface area contributed by atoms with Crippen molar-refractivity contribution in [1.29, 1.82) is 5.26 Å². The molecule has 0 saturated carbocycles. The Kier molecular flexibility index (Phi) is 7.21. The number of halogens is 2. The molecule has 29 heavy (non-hydrogen) atoms. The van der Waals surface area contributed by atoms with E-state index in [1.165, 1.54) is 26.3 Å². The molecule has 2 aromatic heterocycles. The summed E-state index contributed by atoms with van der Waals surface area (Å²) in [6, 6.07) is 2.66. The van der Waals surface area contributed by atoms with E-state index in [-0.39, 0.29) is 35.2 Å². The largest absolute Gasteiger partial charge is 0.465 e. The Labute approximate surface area is 165 Å². The predicted molar refractivity (Wildman–Crippen MR) is 101 cm³/mol. The van der Waals surface area contributed by atoms with Crippen molar-refractivity contribution >= 4 is 23.4 Å². The van der Waals surface area contributed by atoms with Crippen molar-refractivity contribution in [1.82, 2.24) is 15.3 Å². The molecule has 2 heterocycles. The molecule has 0 aromatic carbocycles. The van der Waals surface area contributed by atoms with E-state index >= 15 is 0 Å². The molecule has 0 fully saturated rings. The number of methoxy groups -OCH3 is 1. The number of aryl methyl sites for hydroxylation is 1. The molecule has 0 spiro atoms. The number of carbonyl (C=O) groups is 1. The Morgan fingerprint density at radius 2 is 2.07 bits per heavy atom. The van der Waals surface area contributed by atoms with E-state index in [1.54, 1.807) is 6.92 Å². The van der Waals surface area contributed by atoms with Gasteiger partial charge >= 0.3 is 6.09 Å². The van der Waals surface area contributed by atoms with Crippen LogP contribution >= 0.6 is 0 Å². The molecule has 2 rings (SSSR count). The molecule has 2 atom stereocenters. The zero-order chi connectivity index (χ0) is 21.6. The molecule has 0 aliphatic rings. The van der Waals surface area contributed by atoms with Gasteiger partial charge in [0, 0.05) is 13.2 Å². The van der Waals surface area contributed by atoms with Crippen LogP contribution in [0.15, 0.2) is 18.3 Å². The van der Waals surface area contributed by atoms with Crippen molar-refractivity contribution < 1.29 is 23.4 Å². The predicted octanol–water partition coefficient (Wildman–Crippen LogP) is 2.76. The summed E-state index contributed by atoms with van der Waals surface area (Å²) < 4.78 is 33.2. The molecule has 154 valence electrons. The number of hydrogen-bond acceptors (Lipinski definition) is 7. The first-order chi connectivity index (χ1) is 13.7. The number of pyridine rings is 2. The molecular weight excluding hydrogens is 386 g/mol. The molecule has 0 radical (unpaired) electrons. The number of nitrogens with zero attached hydrogens (tertiary/aromatic N) is 3. The van der Waals surface area contributed by atoms with Crippen LogP contribution in [0.4, 0.5) is 30.9 Å². The van der Waals surface area contributed by atoms with Crippen LogP contribution in [-0.4, -0.2) is 47.0 Å². The molecule has 11 heteroatoms. The molecule has 9 nitrogen and oxygen atoms in total. The Bertz CT molecular complexity index is 935. The number of carboxylic acid groups (broad SMARTS) is 1. The second-order valence-electron chi connectivity index (χ2n) is 6.19. The first-order valence-corrected chi connectivity index (χ1v) is 8.49. The van der Waals surface area contributed by atoms with Gasteiger partial charge in [0.2, 0.25) is 0 Å². The lowest BCUT2D eigenvalue weighted by Crippen LogP contribution is -2.47. The van der Waals surface area contributed by atoms with Gasteiger partial charge in [-0.1, -0.05) is 0 Å². The van der Waals surface area contributed by atoms with Gasteiger partial charge in [0.25, 0.3) is 0 Å². The van der Waals surface area contributed by atoms with Gasteiger partial charge in [-0.05, 0) is 19.9 Å². The maximum atomic E-state index is 14.4. The zero-order valence-corrected chi connectivity index (χ0v) is 16.0. The third-order valence-corrected chi connectivity index (χ3v) is 4.01. The van der Waals surface area contributed by atoms with Gasteiger partial charge in [-0.25, -0.2) is 18.6 Å². The summed E-state index contributed by atoms with van der Waals surface area (Å²) in [6.45, 7) is 3.13. The maximum absolute atomic E-state index is 14.4. The van der Waals surface area contributed by atoms with Crippen LogP contribution in [-0.2, 0) is 4.74 Å². The maximum Gasteiger partial charge on any atom is 0.404 e. The van der Waals surface area contributed by atoms with Crippen LogP contribution in [0.1, 0.15) is 18.2 Å². The summed E-state index contributed by atoms with van der Waals surface area (Å²) in [4.78, 5) is 18.8. The lowest BCUT2D eigenvalue weighted by Gasteiger charge is -2.25. The summed E-state index contributed by atoms with van der Waals surface area (Å²) in [7, 11) is 1.41. The molecule has 1 amide bonds. The smallest absolute Gasteiger partial charge is 0.404 e. The number of anilines is 3. The van der Waals surface area contributed by atoms with Gasteiger partial charge in [0.15, 0.2) is 17.5 Å². The fraction of sp³-hybridized carbons (Fsp3) is 0.333. The average molecular weight is 406 g/mol. The van der Waals surface area contributed by atoms with E-state index < -0.39 is 29.8 Å². The minimum absolute atomic E-state index is 0.0172. The third-order valence-electron chi connectivity index (χ3n) is 4.01. The van der Waals surface area contributed by atoms with Crippen LogP contribution in [0.2, 0.25) is 0 Å². The summed E-state index contributed by atoms with van der Waals surface area (Å²) in [5.74, 6) is -1.61. The van der Waals surface area contributed by atoms with Crippen molar-refractivity contribution in [3.63, 3.8) is 0 Å². The van der Waals surface area contributed by atoms with E-state index in [4.69, 9.17) is 9.84 Å². The number of nitrogens with one attached hydrogen (secondary N) is 3. The lowest BCUT2D eigenvalue weighted by molar-refractivity contribution is 0.163. The summed E-state index contributed by atoms with van der Waals surface area (Å²) >= 11 is 0. The summed E-state index contributed by atoms with van der Waals surface area (Å²) in [6.07, 6.45) is 0.106. The molecule has 0 aliphatic heterocycles. The van der Waals surface area contributed by atoms with Crippen molar-refractivity contribution in [2.75, 3.05) is 24.4 Å². The Hall–Kier alpha value is -3.52. The van der Waals surface area contributed by atoms with Crippen molar-refractivity contribution in [2.24, 2.45) is 0 Å². The lowest BCUT2D eigenvalue weighted by atomic mass is 10.1. The van der Waals surface area contributed by atoms with Gasteiger partial charge in [-0.15, -0.1) is 0 Å². The van der Waals surface area contributed by atoms with Crippen LogP contribution < -0.4 is 16.0 Å². The van der Waals surface area contributed by atoms with E-state index in [0.717, 1.165) is 6.07 Å². The third kappa shape index (κ3) is 5.73. The highest BCUT2D eigenvalue weighted by Crippen LogP contribution is 2.24. The minimum atomic E-state index is -1.25. The first-order valence-electron chi connectivity index (χ1n) is 8.49. The topological polar surface area (TPSA) is 132 Å². The second kappa shape index (κ2) is 9.61. The molecule has 2 aromatic rings. The fourth-order valence-electron chi connectivity index (χ4n) is 2.44. The van der Waals surface area contributed by atoms with Crippen molar-refractivity contribution in [3.05, 3.63) is 41.2 Å². The summed E-state index contributed by atoms with van der Waals surface area (Å²) in [5.41, 5.74) is 0.325. The molecular formula is C18H20F2N6O3. The minimum Gasteiger partial charge on any atom is -0.465 e. The second-order valence-corrected chi connectivity index (χ2v) is 6.19. The number of amides is 1. The van der Waals surface area contributed by atoms with E-state index in [0.29, 0.717) is 0 Å². The van der Waals surface area contributed by atoms with Crippen LogP contribution in [0.3, 0.4) is 0 Å². The quantitative estimate of drug-likeness (QED) is 0.526. The van der Waals surface area contributed by atoms with Gasteiger partial charge in [0.1, 0.15) is 11.9 Å². The Balaban J connectivity index is 2.34. The van der Waals surface area contributed by atoms with Crippen molar-refractivity contribution in [2.45, 2.75) is 25.9 Å². The number of hydrogen-bond donors (Lipinski definition) is 4. The first kappa shape index (κ1) is 21.8. The van der Waals surface area contributed by atoms with Gasteiger partial charge in [-0.3, -0.25) is 4.98 Å². The highest BCUT2D eigenvalue weighted by atomic mass is 19.1. The number of rotatable bonds is 8. The van der Waals surface area contributed by atoms with Crippen molar-refractivity contribution in [3.8, 4) is 6.07 Å². The van der Waals surface area contributed by atoms with Gasteiger partial charge in [-0.2, -0.15) is 5.26 Å². The Morgan fingerprint density at radius 1 is 1.34 bits per heavy atom. The summed E-state index contributed by atoms with van der Waals surface area (Å²) in [5, 5.41) is 25.9. The van der Waals surface area contributed by atoms with E-state index in [2.05, 4.69) is 25.9 Å². The van der Waals surface area contributed by atoms with E-state index in [9.17, 15) is 18.8 Å². The van der Waals surface area contributed by atoms with Crippen LogP contribution in [0.5, 0.6) is 0 Å². The monoisotopic (exact) mass is 406 g/mol. The highest BCUT2D eigenvalue weighted by Gasteiger charge is 2.22. The normalized spacial score (nSPS) is 12.6. The number of nitriles is 1. The van der Waals surface area contributed by atoms with Crippen LogP contribution in [0, 0.1) is 29.9 Å². The fourth-order valence-corrected chi connectivity index (χ4v) is 2.44.